The second-order valence-electron chi connectivity index (χ2n) is 6.55. The molecule has 6 heteroatoms. The number of hydrogen-bond acceptors (Lipinski definition) is 5. The minimum atomic E-state index is -0.244. The standard InChI is InChI=1S/C22H27NO5/c1-3-26-20-12-11-16(14-21(20)25-2)22(24)23-18-9-4-5-10-19(18)28-15-17-8-6-7-13-27-17/h4-5,9-12,14,17H,3,6-8,13,15H2,1-2H3,(H,23,24). The van der Waals surface area contributed by atoms with Gasteiger partial charge in [-0.1, -0.05) is 12.1 Å². The summed E-state index contributed by atoms with van der Waals surface area (Å²) >= 11 is 0. The SMILES string of the molecule is CCOc1ccc(C(=O)Nc2ccccc2OCC2CCCCO2)cc1OC. The molecule has 0 spiro atoms. The van der Waals surface area contributed by atoms with Crippen molar-refractivity contribution in [2.75, 3.05) is 32.2 Å². The Balaban J connectivity index is 1.68. The molecule has 1 aliphatic rings. The van der Waals surface area contributed by atoms with E-state index in [2.05, 4.69) is 5.32 Å². The second kappa shape index (κ2) is 9.99. The summed E-state index contributed by atoms with van der Waals surface area (Å²) in [6.07, 6.45) is 3.37. The van der Waals surface area contributed by atoms with Crippen molar-refractivity contribution in [3.8, 4) is 17.2 Å². The van der Waals surface area contributed by atoms with Gasteiger partial charge in [0.05, 0.1) is 25.5 Å². The van der Waals surface area contributed by atoms with E-state index in [0.717, 1.165) is 25.9 Å². The van der Waals surface area contributed by atoms with Crippen molar-refractivity contribution in [2.45, 2.75) is 32.3 Å². The maximum absolute atomic E-state index is 12.7. The van der Waals surface area contributed by atoms with Gasteiger partial charge in [0, 0.05) is 12.2 Å². The fourth-order valence-corrected chi connectivity index (χ4v) is 3.10. The van der Waals surface area contributed by atoms with E-state index in [1.165, 1.54) is 0 Å². The van der Waals surface area contributed by atoms with Gasteiger partial charge in [0.25, 0.3) is 5.91 Å². The fourth-order valence-electron chi connectivity index (χ4n) is 3.10. The third kappa shape index (κ3) is 5.16. The molecule has 28 heavy (non-hydrogen) atoms. The molecule has 3 rings (SSSR count). The molecule has 1 saturated heterocycles. The molecule has 0 aromatic heterocycles. The topological polar surface area (TPSA) is 66.0 Å². The molecular formula is C22H27NO5. The molecule has 0 saturated carbocycles. The largest absolute Gasteiger partial charge is 0.493 e. The van der Waals surface area contributed by atoms with Gasteiger partial charge in [0.2, 0.25) is 0 Å². The molecule has 1 fully saturated rings. The lowest BCUT2D eigenvalue weighted by molar-refractivity contribution is -0.0109. The molecule has 6 nitrogen and oxygen atoms in total. The van der Waals surface area contributed by atoms with E-state index in [1.54, 1.807) is 25.3 Å². The van der Waals surface area contributed by atoms with Crippen molar-refractivity contribution < 1.29 is 23.7 Å². The number of carbonyl (C=O) groups is 1. The molecule has 2 aromatic carbocycles. The normalized spacial score (nSPS) is 16.3. The van der Waals surface area contributed by atoms with Gasteiger partial charge in [0.15, 0.2) is 11.5 Å². The van der Waals surface area contributed by atoms with Gasteiger partial charge in [-0.05, 0) is 56.5 Å². The van der Waals surface area contributed by atoms with Crippen LogP contribution in [0.3, 0.4) is 0 Å². The molecule has 0 aliphatic carbocycles. The van der Waals surface area contributed by atoms with Crippen LogP contribution < -0.4 is 19.5 Å². The van der Waals surface area contributed by atoms with Crippen molar-refractivity contribution >= 4 is 11.6 Å². The number of nitrogens with one attached hydrogen (secondary N) is 1. The number of benzene rings is 2. The molecule has 150 valence electrons. The van der Waals surface area contributed by atoms with Crippen LogP contribution in [-0.2, 0) is 4.74 Å². The van der Waals surface area contributed by atoms with Gasteiger partial charge < -0.3 is 24.3 Å². The number of carbonyl (C=O) groups excluding carboxylic acids is 1. The summed E-state index contributed by atoms with van der Waals surface area (Å²) in [5, 5.41) is 2.92. The van der Waals surface area contributed by atoms with E-state index in [4.69, 9.17) is 18.9 Å². The van der Waals surface area contributed by atoms with Crippen LogP contribution >= 0.6 is 0 Å². The molecule has 2 aromatic rings. The zero-order chi connectivity index (χ0) is 19.8. The van der Waals surface area contributed by atoms with Crippen molar-refractivity contribution in [3.63, 3.8) is 0 Å². The maximum atomic E-state index is 12.7. The summed E-state index contributed by atoms with van der Waals surface area (Å²) in [6, 6.07) is 12.5. The molecule has 1 amide bonds. The van der Waals surface area contributed by atoms with Gasteiger partial charge in [0.1, 0.15) is 12.4 Å². The maximum Gasteiger partial charge on any atom is 0.255 e. The lowest BCUT2D eigenvalue weighted by Gasteiger charge is -2.23. The van der Waals surface area contributed by atoms with Gasteiger partial charge in [-0.2, -0.15) is 0 Å². The number of hydrogen-bond donors (Lipinski definition) is 1. The van der Waals surface area contributed by atoms with Crippen LogP contribution in [0, 0.1) is 0 Å². The molecule has 1 heterocycles. The number of anilines is 1. The number of methoxy groups -OCH3 is 1. The second-order valence-corrected chi connectivity index (χ2v) is 6.55. The summed E-state index contributed by atoms with van der Waals surface area (Å²) in [5.74, 6) is 1.51. The van der Waals surface area contributed by atoms with E-state index in [-0.39, 0.29) is 12.0 Å². The van der Waals surface area contributed by atoms with Gasteiger partial charge in [-0.15, -0.1) is 0 Å². The number of ether oxygens (including phenoxy) is 4. The fraction of sp³-hybridized carbons (Fsp3) is 0.409. The molecule has 1 N–H and O–H groups in total. The summed E-state index contributed by atoms with van der Waals surface area (Å²) in [5.41, 5.74) is 1.10. The highest BCUT2D eigenvalue weighted by Gasteiger charge is 2.17. The van der Waals surface area contributed by atoms with Crippen LogP contribution in [0.4, 0.5) is 5.69 Å². The highest BCUT2D eigenvalue weighted by molar-refractivity contribution is 6.05. The highest BCUT2D eigenvalue weighted by Crippen LogP contribution is 2.30. The molecule has 1 unspecified atom stereocenters. The number of amides is 1. The third-order valence-electron chi connectivity index (χ3n) is 4.56. The molecule has 1 aliphatic heterocycles. The first-order chi connectivity index (χ1) is 13.7. The highest BCUT2D eigenvalue weighted by atomic mass is 16.5. The summed E-state index contributed by atoms with van der Waals surface area (Å²) in [4.78, 5) is 12.7. The smallest absolute Gasteiger partial charge is 0.255 e. The first-order valence-electron chi connectivity index (χ1n) is 9.67. The zero-order valence-corrected chi connectivity index (χ0v) is 16.4. The zero-order valence-electron chi connectivity index (χ0n) is 16.4. The average molecular weight is 385 g/mol. The molecule has 0 radical (unpaired) electrons. The first-order valence-corrected chi connectivity index (χ1v) is 9.67. The summed E-state index contributed by atoms with van der Waals surface area (Å²) in [7, 11) is 1.55. The third-order valence-corrected chi connectivity index (χ3v) is 4.56. The van der Waals surface area contributed by atoms with Crippen LogP contribution in [0.1, 0.15) is 36.5 Å². The predicted octanol–water partition coefficient (Wildman–Crippen LogP) is 4.29. The minimum absolute atomic E-state index is 0.105. The molecular weight excluding hydrogens is 358 g/mol. The van der Waals surface area contributed by atoms with Crippen LogP contribution in [-0.4, -0.2) is 38.9 Å². The molecule has 1 atom stereocenters. The van der Waals surface area contributed by atoms with Gasteiger partial charge in [-0.3, -0.25) is 4.79 Å². The van der Waals surface area contributed by atoms with E-state index in [1.807, 2.05) is 31.2 Å². The van der Waals surface area contributed by atoms with Crippen molar-refractivity contribution in [1.82, 2.24) is 0 Å². The lowest BCUT2D eigenvalue weighted by atomic mass is 10.1. The summed E-state index contributed by atoms with van der Waals surface area (Å²) < 4.78 is 22.5. The first kappa shape index (κ1) is 20.0. The predicted molar refractivity (Wildman–Crippen MR) is 108 cm³/mol. The number of rotatable bonds is 8. The summed E-state index contributed by atoms with van der Waals surface area (Å²) in [6.45, 7) is 3.68. The van der Waals surface area contributed by atoms with E-state index >= 15 is 0 Å². The van der Waals surface area contributed by atoms with E-state index in [9.17, 15) is 4.79 Å². The van der Waals surface area contributed by atoms with Gasteiger partial charge >= 0.3 is 0 Å². The Morgan fingerprint density at radius 3 is 2.71 bits per heavy atom. The Morgan fingerprint density at radius 2 is 1.96 bits per heavy atom. The monoisotopic (exact) mass is 385 g/mol. The minimum Gasteiger partial charge on any atom is -0.493 e. The Kier molecular flexibility index (Phi) is 7.14. The Hall–Kier alpha value is -2.73. The van der Waals surface area contributed by atoms with Crippen LogP contribution in [0.2, 0.25) is 0 Å². The van der Waals surface area contributed by atoms with Crippen molar-refractivity contribution in [2.24, 2.45) is 0 Å². The van der Waals surface area contributed by atoms with Crippen molar-refractivity contribution in [3.05, 3.63) is 48.0 Å². The Bertz CT molecular complexity index is 786. The van der Waals surface area contributed by atoms with E-state index in [0.29, 0.717) is 41.7 Å². The Morgan fingerprint density at radius 1 is 1.11 bits per heavy atom. The van der Waals surface area contributed by atoms with Crippen LogP contribution in [0.15, 0.2) is 42.5 Å². The lowest BCUT2D eigenvalue weighted by Crippen LogP contribution is -2.26. The van der Waals surface area contributed by atoms with Crippen molar-refractivity contribution in [1.29, 1.82) is 0 Å². The van der Waals surface area contributed by atoms with E-state index < -0.39 is 0 Å². The quantitative estimate of drug-likeness (QED) is 0.734. The average Bonchev–Trinajstić information content (AvgIpc) is 2.74. The number of para-hydroxylation sites is 2. The molecule has 0 bridgehead atoms. The van der Waals surface area contributed by atoms with Crippen LogP contribution in [0.25, 0.3) is 0 Å². The van der Waals surface area contributed by atoms with Crippen LogP contribution in [0.5, 0.6) is 17.2 Å². The van der Waals surface area contributed by atoms with Gasteiger partial charge in [-0.25, -0.2) is 0 Å². The Labute approximate surface area is 165 Å².